The molecule has 0 atom stereocenters. The van der Waals surface area contributed by atoms with Crippen LogP contribution in [0.25, 0.3) is 11.4 Å². The number of nitrogens with zero attached hydrogens (tertiary/aromatic N) is 2. The van der Waals surface area contributed by atoms with Gasteiger partial charge in [0.05, 0.1) is 0 Å². The number of benzene rings is 1. The van der Waals surface area contributed by atoms with Crippen molar-refractivity contribution in [3.63, 3.8) is 0 Å². The Kier molecular flexibility index (Phi) is 2.77. The summed E-state index contributed by atoms with van der Waals surface area (Å²) in [5.74, 6) is 1.25. The first kappa shape index (κ1) is 9.84. The van der Waals surface area contributed by atoms with E-state index in [0.29, 0.717) is 5.92 Å². The van der Waals surface area contributed by atoms with Gasteiger partial charge in [-0.1, -0.05) is 44.2 Å². The molecule has 0 saturated carbocycles. The van der Waals surface area contributed by atoms with Crippen LogP contribution < -0.4 is 0 Å². The maximum atomic E-state index is 4.53. The van der Waals surface area contributed by atoms with Gasteiger partial charge in [-0.25, -0.2) is 9.97 Å². The van der Waals surface area contributed by atoms with Gasteiger partial charge in [0, 0.05) is 17.5 Å². The van der Waals surface area contributed by atoms with Gasteiger partial charge in [0.1, 0.15) is 0 Å². The average molecular weight is 198 g/mol. The lowest BCUT2D eigenvalue weighted by molar-refractivity contribution is 0.817. The third-order valence-corrected chi connectivity index (χ3v) is 2.30. The van der Waals surface area contributed by atoms with E-state index in [4.69, 9.17) is 0 Å². The SMILES string of the molecule is CC(C)c1ccnc(-c2ccccc2)n1. The summed E-state index contributed by atoms with van der Waals surface area (Å²) < 4.78 is 0. The quantitative estimate of drug-likeness (QED) is 0.740. The molecule has 1 heterocycles. The van der Waals surface area contributed by atoms with E-state index in [9.17, 15) is 0 Å². The minimum absolute atomic E-state index is 0.440. The molecule has 0 saturated heterocycles. The molecular weight excluding hydrogens is 184 g/mol. The van der Waals surface area contributed by atoms with Crippen LogP contribution in [0.5, 0.6) is 0 Å². The summed E-state index contributed by atoms with van der Waals surface area (Å²) >= 11 is 0. The summed E-state index contributed by atoms with van der Waals surface area (Å²) in [5.41, 5.74) is 2.16. The molecule has 0 N–H and O–H groups in total. The normalized spacial score (nSPS) is 10.6. The second-order valence-corrected chi connectivity index (χ2v) is 3.83. The van der Waals surface area contributed by atoms with Crippen molar-refractivity contribution in [3.05, 3.63) is 48.3 Å². The number of hydrogen-bond acceptors (Lipinski definition) is 2. The summed E-state index contributed by atoms with van der Waals surface area (Å²) in [6.07, 6.45) is 1.82. The fraction of sp³-hybridized carbons (Fsp3) is 0.231. The molecule has 2 rings (SSSR count). The fourth-order valence-corrected chi connectivity index (χ4v) is 1.42. The monoisotopic (exact) mass is 198 g/mol. The Morgan fingerprint density at radius 2 is 1.73 bits per heavy atom. The lowest BCUT2D eigenvalue weighted by Crippen LogP contribution is -1.96. The molecule has 2 aromatic rings. The summed E-state index contributed by atoms with van der Waals surface area (Å²) in [7, 11) is 0. The highest BCUT2D eigenvalue weighted by atomic mass is 14.9. The number of rotatable bonds is 2. The zero-order chi connectivity index (χ0) is 10.7. The molecule has 0 spiro atoms. The van der Waals surface area contributed by atoms with Crippen molar-refractivity contribution >= 4 is 0 Å². The van der Waals surface area contributed by atoms with Crippen LogP contribution in [-0.4, -0.2) is 9.97 Å². The summed E-state index contributed by atoms with van der Waals surface area (Å²) in [5, 5.41) is 0. The maximum absolute atomic E-state index is 4.53. The topological polar surface area (TPSA) is 25.8 Å². The molecule has 76 valence electrons. The highest BCUT2D eigenvalue weighted by Crippen LogP contribution is 2.17. The average Bonchev–Trinajstić information content (AvgIpc) is 2.30. The van der Waals surface area contributed by atoms with E-state index in [1.54, 1.807) is 0 Å². The van der Waals surface area contributed by atoms with E-state index in [2.05, 4.69) is 23.8 Å². The van der Waals surface area contributed by atoms with Crippen molar-refractivity contribution in [1.82, 2.24) is 9.97 Å². The Bertz CT molecular complexity index is 435. The second-order valence-electron chi connectivity index (χ2n) is 3.83. The van der Waals surface area contributed by atoms with E-state index < -0.39 is 0 Å². The van der Waals surface area contributed by atoms with Crippen LogP contribution in [0.3, 0.4) is 0 Å². The van der Waals surface area contributed by atoms with E-state index >= 15 is 0 Å². The molecule has 0 radical (unpaired) electrons. The van der Waals surface area contributed by atoms with Gasteiger partial charge in [-0.2, -0.15) is 0 Å². The molecule has 0 aliphatic heterocycles. The fourth-order valence-electron chi connectivity index (χ4n) is 1.42. The van der Waals surface area contributed by atoms with Crippen LogP contribution in [0.4, 0.5) is 0 Å². The first-order chi connectivity index (χ1) is 7.27. The van der Waals surface area contributed by atoms with Gasteiger partial charge in [-0.05, 0) is 12.0 Å². The van der Waals surface area contributed by atoms with E-state index in [0.717, 1.165) is 17.1 Å². The van der Waals surface area contributed by atoms with Gasteiger partial charge in [0.2, 0.25) is 0 Å². The third-order valence-electron chi connectivity index (χ3n) is 2.30. The van der Waals surface area contributed by atoms with E-state index in [1.165, 1.54) is 0 Å². The van der Waals surface area contributed by atoms with Crippen LogP contribution >= 0.6 is 0 Å². The smallest absolute Gasteiger partial charge is 0.159 e. The van der Waals surface area contributed by atoms with Gasteiger partial charge in [-0.15, -0.1) is 0 Å². The highest BCUT2D eigenvalue weighted by Gasteiger charge is 2.04. The van der Waals surface area contributed by atoms with Crippen LogP contribution in [-0.2, 0) is 0 Å². The lowest BCUT2D eigenvalue weighted by atomic mass is 10.1. The molecule has 15 heavy (non-hydrogen) atoms. The Morgan fingerprint density at radius 1 is 1.00 bits per heavy atom. The van der Waals surface area contributed by atoms with Crippen molar-refractivity contribution in [1.29, 1.82) is 0 Å². The van der Waals surface area contributed by atoms with Gasteiger partial charge >= 0.3 is 0 Å². The first-order valence-electron chi connectivity index (χ1n) is 5.16. The Balaban J connectivity index is 2.42. The maximum Gasteiger partial charge on any atom is 0.159 e. The minimum Gasteiger partial charge on any atom is -0.237 e. The molecule has 2 nitrogen and oxygen atoms in total. The first-order valence-corrected chi connectivity index (χ1v) is 5.16. The summed E-state index contributed by atoms with van der Waals surface area (Å²) in [4.78, 5) is 8.81. The van der Waals surface area contributed by atoms with E-state index in [-0.39, 0.29) is 0 Å². The molecule has 2 heteroatoms. The van der Waals surface area contributed by atoms with Crippen LogP contribution in [0.1, 0.15) is 25.5 Å². The second kappa shape index (κ2) is 4.22. The highest BCUT2D eigenvalue weighted by molar-refractivity contribution is 5.54. The third kappa shape index (κ3) is 2.21. The predicted octanol–water partition coefficient (Wildman–Crippen LogP) is 3.27. The van der Waals surface area contributed by atoms with Crippen molar-refractivity contribution in [3.8, 4) is 11.4 Å². The van der Waals surface area contributed by atoms with E-state index in [1.807, 2.05) is 42.6 Å². The molecule has 0 amide bonds. The number of aromatic nitrogens is 2. The molecule has 0 aliphatic rings. The molecule has 0 bridgehead atoms. The predicted molar refractivity (Wildman–Crippen MR) is 61.6 cm³/mol. The minimum atomic E-state index is 0.440. The molecule has 0 unspecified atom stereocenters. The van der Waals surface area contributed by atoms with Crippen LogP contribution in [0, 0.1) is 0 Å². The summed E-state index contributed by atoms with van der Waals surface area (Å²) in [6, 6.07) is 12.0. The van der Waals surface area contributed by atoms with Gasteiger partial charge in [0.25, 0.3) is 0 Å². The lowest BCUT2D eigenvalue weighted by Gasteiger charge is -2.05. The Hall–Kier alpha value is -1.70. The molecule has 0 fully saturated rings. The molecule has 1 aromatic heterocycles. The largest absolute Gasteiger partial charge is 0.237 e. The van der Waals surface area contributed by atoms with Gasteiger partial charge < -0.3 is 0 Å². The standard InChI is InChI=1S/C13H14N2/c1-10(2)12-8-9-14-13(15-12)11-6-4-3-5-7-11/h3-10H,1-2H3. The van der Waals surface area contributed by atoms with Crippen LogP contribution in [0.15, 0.2) is 42.6 Å². The number of hydrogen-bond donors (Lipinski definition) is 0. The Labute approximate surface area is 90.0 Å². The van der Waals surface area contributed by atoms with Crippen molar-refractivity contribution < 1.29 is 0 Å². The molecule has 1 aromatic carbocycles. The molecule has 0 aliphatic carbocycles. The van der Waals surface area contributed by atoms with Crippen molar-refractivity contribution in [2.24, 2.45) is 0 Å². The van der Waals surface area contributed by atoms with Gasteiger partial charge in [0.15, 0.2) is 5.82 Å². The van der Waals surface area contributed by atoms with Crippen molar-refractivity contribution in [2.45, 2.75) is 19.8 Å². The summed E-state index contributed by atoms with van der Waals surface area (Å²) in [6.45, 7) is 4.27. The van der Waals surface area contributed by atoms with Crippen molar-refractivity contribution in [2.75, 3.05) is 0 Å². The van der Waals surface area contributed by atoms with Gasteiger partial charge in [-0.3, -0.25) is 0 Å². The zero-order valence-electron chi connectivity index (χ0n) is 9.01. The Morgan fingerprint density at radius 3 is 2.40 bits per heavy atom. The van der Waals surface area contributed by atoms with Crippen LogP contribution in [0.2, 0.25) is 0 Å². The zero-order valence-corrected chi connectivity index (χ0v) is 9.01. The molecular formula is C13H14N2.